The molecule has 1 aromatic carbocycles. The first-order chi connectivity index (χ1) is 12.4. The molecule has 26 heavy (non-hydrogen) atoms. The van der Waals surface area contributed by atoms with Crippen LogP contribution in [0.3, 0.4) is 0 Å². The Hall–Kier alpha value is -1.35. The fourth-order valence-corrected chi connectivity index (χ4v) is 4.79. The van der Waals surface area contributed by atoms with E-state index in [1.54, 1.807) is 0 Å². The van der Waals surface area contributed by atoms with E-state index in [2.05, 4.69) is 25.2 Å². The molecule has 0 aliphatic heterocycles. The zero-order chi connectivity index (χ0) is 18.7. The number of hydrogen-bond acceptors (Lipinski definition) is 2. The van der Waals surface area contributed by atoms with E-state index in [1.807, 2.05) is 19.1 Å². The number of benzene rings is 1. The predicted molar refractivity (Wildman–Crippen MR) is 106 cm³/mol. The number of aliphatic hydroxyl groups is 1. The highest BCUT2D eigenvalue weighted by atomic mass is 16.3. The molecule has 2 aliphatic carbocycles. The highest BCUT2D eigenvalue weighted by molar-refractivity contribution is 5.94. The number of carbonyl (C=O) groups is 1. The molecule has 2 aliphatic rings. The second-order valence-corrected chi connectivity index (χ2v) is 9.09. The van der Waals surface area contributed by atoms with E-state index in [9.17, 15) is 9.90 Å². The van der Waals surface area contributed by atoms with Gasteiger partial charge in [0.05, 0.1) is 5.60 Å². The summed E-state index contributed by atoms with van der Waals surface area (Å²) in [5.74, 6) is 1.73. The van der Waals surface area contributed by atoms with Crippen molar-refractivity contribution in [3.05, 3.63) is 34.9 Å². The molecule has 1 saturated carbocycles. The van der Waals surface area contributed by atoms with Gasteiger partial charge < -0.3 is 10.4 Å². The molecule has 144 valence electrons. The molecular formula is C23H35NO2. The van der Waals surface area contributed by atoms with Gasteiger partial charge in [-0.15, -0.1) is 0 Å². The van der Waals surface area contributed by atoms with Gasteiger partial charge in [-0.3, -0.25) is 4.79 Å². The number of carbonyl (C=O) groups excluding carboxylic acids is 1. The molecule has 0 aromatic heterocycles. The van der Waals surface area contributed by atoms with E-state index in [0.717, 1.165) is 43.1 Å². The Labute approximate surface area is 158 Å². The third-order valence-electron chi connectivity index (χ3n) is 6.81. The first kappa shape index (κ1) is 19.4. The lowest BCUT2D eigenvalue weighted by molar-refractivity contribution is -0.0228. The van der Waals surface area contributed by atoms with E-state index in [-0.39, 0.29) is 11.8 Å². The van der Waals surface area contributed by atoms with Crippen LogP contribution in [-0.4, -0.2) is 23.2 Å². The van der Waals surface area contributed by atoms with Crippen molar-refractivity contribution in [3.8, 4) is 0 Å². The molecule has 3 heteroatoms. The van der Waals surface area contributed by atoms with Gasteiger partial charge in [-0.05, 0) is 99.3 Å². The first-order valence-electron chi connectivity index (χ1n) is 10.5. The lowest BCUT2D eigenvalue weighted by Crippen LogP contribution is -2.47. The Balaban J connectivity index is 1.55. The smallest absolute Gasteiger partial charge is 0.251 e. The molecule has 3 rings (SSSR count). The maximum Gasteiger partial charge on any atom is 0.251 e. The van der Waals surface area contributed by atoms with Crippen LogP contribution < -0.4 is 5.32 Å². The van der Waals surface area contributed by atoms with Crippen LogP contribution in [0.15, 0.2) is 18.2 Å². The molecule has 3 nitrogen and oxygen atoms in total. The Morgan fingerprint density at radius 1 is 1.15 bits per heavy atom. The number of amides is 1. The van der Waals surface area contributed by atoms with E-state index >= 15 is 0 Å². The highest BCUT2D eigenvalue weighted by Crippen LogP contribution is 2.38. The summed E-state index contributed by atoms with van der Waals surface area (Å²) >= 11 is 0. The molecule has 1 aromatic rings. The minimum atomic E-state index is -0.828. The normalized spacial score (nSPS) is 25.4. The van der Waals surface area contributed by atoms with Gasteiger partial charge in [0.2, 0.25) is 0 Å². The number of aryl methyl sites for hydroxylation is 2. The Morgan fingerprint density at radius 2 is 1.81 bits per heavy atom. The summed E-state index contributed by atoms with van der Waals surface area (Å²) in [6.45, 7) is 6.81. The molecule has 1 fully saturated rings. The minimum absolute atomic E-state index is 0.0606. The SMILES string of the molecule is CC(C)C1CCC(C(C)(O)CNC(=O)c2ccc3c(c2)CCCC3)CC1. The van der Waals surface area contributed by atoms with E-state index in [1.165, 1.54) is 36.8 Å². The van der Waals surface area contributed by atoms with Gasteiger partial charge in [-0.25, -0.2) is 0 Å². The number of fused-ring (bicyclic) bond motifs is 1. The summed E-state index contributed by atoms with van der Waals surface area (Å²) in [6.07, 6.45) is 9.17. The van der Waals surface area contributed by atoms with Crippen molar-refractivity contribution >= 4 is 5.91 Å². The minimum Gasteiger partial charge on any atom is -0.388 e. The molecular weight excluding hydrogens is 322 g/mol. The summed E-state index contributed by atoms with van der Waals surface area (Å²) in [6, 6.07) is 6.09. The zero-order valence-corrected chi connectivity index (χ0v) is 16.7. The summed E-state index contributed by atoms with van der Waals surface area (Å²) in [5, 5.41) is 13.9. The van der Waals surface area contributed by atoms with Crippen LogP contribution in [0.5, 0.6) is 0 Å². The lowest BCUT2D eigenvalue weighted by Gasteiger charge is -2.39. The Kier molecular flexibility index (Phi) is 6.06. The average molecular weight is 358 g/mol. The maximum absolute atomic E-state index is 12.6. The standard InChI is InChI=1S/C23H35NO2/c1-16(2)17-10-12-21(13-11-17)23(3,26)15-24-22(25)20-9-8-18-6-4-5-7-19(18)14-20/h8-9,14,16-17,21,26H,4-7,10-13,15H2,1-3H3,(H,24,25). The second-order valence-electron chi connectivity index (χ2n) is 9.09. The van der Waals surface area contributed by atoms with Gasteiger partial charge in [-0.2, -0.15) is 0 Å². The van der Waals surface area contributed by atoms with Gasteiger partial charge in [0.15, 0.2) is 0 Å². The summed E-state index contributed by atoms with van der Waals surface area (Å²) in [5.41, 5.74) is 2.61. The Morgan fingerprint density at radius 3 is 2.46 bits per heavy atom. The second kappa shape index (κ2) is 8.12. The van der Waals surface area contributed by atoms with Crippen molar-refractivity contribution in [2.24, 2.45) is 17.8 Å². The fourth-order valence-electron chi connectivity index (χ4n) is 4.79. The van der Waals surface area contributed by atoms with Crippen LogP contribution in [0.1, 0.15) is 80.8 Å². The van der Waals surface area contributed by atoms with Crippen molar-refractivity contribution in [3.63, 3.8) is 0 Å². The van der Waals surface area contributed by atoms with Crippen molar-refractivity contribution in [1.29, 1.82) is 0 Å². The first-order valence-corrected chi connectivity index (χ1v) is 10.5. The molecule has 0 bridgehead atoms. The summed E-state index contributed by atoms with van der Waals surface area (Å²) in [7, 11) is 0. The van der Waals surface area contributed by atoms with Crippen molar-refractivity contribution in [2.45, 2.75) is 77.7 Å². The maximum atomic E-state index is 12.6. The van der Waals surface area contributed by atoms with Crippen LogP contribution >= 0.6 is 0 Å². The number of nitrogens with one attached hydrogen (secondary N) is 1. The Bertz CT molecular complexity index is 627. The van der Waals surface area contributed by atoms with Gasteiger partial charge >= 0.3 is 0 Å². The molecule has 0 heterocycles. The molecule has 0 radical (unpaired) electrons. The lowest BCUT2D eigenvalue weighted by atomic mass is 9.71. The van der Waals surface area contributed by atoms with E-state index < -0.39 is 5.60 Å². The molecule has 0 spiro atoms. The molecule has 0 saturated heterocycles. The zero-order valence-electron chi connectivity index (χ0n) is 16.7. The van der Waals surface area contributed by atoms with Gasteiger partial charge in [0.25, 0.3) is 5.91 Å². The fraction of sp³-hybridized carbons (Fsp3) is 0.696. The van der Waals surface area contributed by atoms with Crippen LogP contribution in [-0.2, 0) is 12.8 Å². The predicted octanol–water partition coefficient (Wildman–Crippen LogP) is 4.51. The molecule has 1 atom stereocenters. The quantitative estimate of drug-likeness (QED) is 0.814. The molecule has 2 N–H and O–H groups in total. The number of rotatable bonds is 5. The average Bonchev–Trinajstić information content (AvgIpc) is 2.66. The van der Waals surface area contributed by atoms with Crippen LogP contribution in [0, 0.1) is 17.8 Å². The molecule has 1 amide bonds. The van der Waals surface area contributed by atoms with Crippen LogP contribution in [0.25, 0.3) is 0 Å². The van der Waals surface area contributed by atoms with Gasteiger partial charge in [0, 0.05) is 12.1 Å². The largest absolute Gasteiger partial charge is 0.388 e. The van der Waals surface area contributed by atoms with Crippen LogP contribution in [0.2, 0.25) is 0 Å². The third-order valence-corrected chi connectivity index (χ3v) is 6.81. The third kappa shape index (κ3) is 4.49. The highest BCUT2D eigenvalue weighted by Gasteiger charge is 2.36. The summed E-state index contributed by atoms with van der Waals surface area (Å²) in [4.78, 5) is 12.6. The van der Waals surface area contributed by atoms with Crippen molar-refractivity contribution in [2.75, 3.05) is 6.54 Å². The molecule has 1 unspecified atom stereocenters. The topological polar surface area (TPSA) is 49.3 Å². The van der Waals surface area contributed by atoms with E-state index in [0.29, 0.717) is 6.54 Å². The van der Waals surface area contributed by atoms with Crippen molar-refractivity contribution in [1.82, 2.24) is 5.32 Å². The van der Waals surface area contributed by atoms with Gasteiger partial charge in [0.1, 0.15) is 0 Å². The monoisotopic (exact) mass is 357 g/mol. The summed E-state index contributed by atoms with van der Waals surface area (Å²) < 4.78 is 0. The van der Waals surface area contributed by atoms with Gasteiger partial charge in [-0.1, -0.05) is 19.9 Å². The van der Waals surface area contributed by atoms with Crippen molar-refractivity contribution < 1.29 is 9.90 Å². The van der Waals surface area contributed by atoms with Crippen LogP contribution in [0.4, 0.5) is 0 Å². The number of hydrogen-bond donors (Lipinski definition) is 2. The van der Waals surface area contributed by atoms with E-state index in [4.69, 9.17) is 0 Å².